The van der Waals surface area contributed by atoms with Crippen molar-refractivity contribution in [1.29, 1.82) is 0 Å². The lowest BCUT2D eigenvalue weighted by atomic mass is 9.98. The van der Waals surface area contributed by atoms with Gasteiger partial charge in [-0.15, -0.1) is 11.3 Å². The third-order valence-electron chi connectivity index (χ3n) is 4.89. The fourth-order valence-corrected chi connectivity index (χ4v) is 4.04. The zero-order valence-corrected chi connectivity index (χ0v) is 18.3. The first-order chi connectivity index (χ1) is 14.0. The van der Waals surface area contributed by atoms with Crippen molar-refractivity contribution in [3.8, 4) is 5.75 Å². The number of benzene rings is 2. The molecule has 0 fully saturated rings. The molecule has 4 nitrogen and oxygen atoms in total. The van der Waals surface area contributed by atoms with Gasteiger partial charge in [0.05, 0.1) is 20.2 Å². The van der Waals surface area contributed by atoms with E-state index in [-0.39, 0.29) is 12.5 Å². The maximum atomic E-state index is 13.0. The maximum Gasteiger partial charge on any atom is 0.243 e. The number of thiophene rings is 1. The lowest BCUT2D eigenvalue weighted by Crippen LogP contribution is -2.33. The summed E-state index contributed by atoms with van der Waals surface area (Å²) in [6, 6.07) is 18.1. The van der Waals surface area contributed by atoms with E-state index < -0.39 is 0 Å². The topological polar surface area (TPSA) is 41.6 Å². The second-order valence-corrected chi connectivity index (χ2v) is 8.41. The van der Waals surface area contributed by atoms with Crippen LogP contribution in [0.4, 0.5) is 11.4 Å². The Labute approximate surface area is 177 Å². The number of nitrogens with zero attached hydrogens (tertiary/aromatic N) is 1. The molecule has 1 aromatic heterocycles. The van der Waals surface area contributed by atoms with Crippen LogP contribution in [0.2, 0.25) is 0 Å². The first-order valence-electron chi connectivity index (χ1n) is 9.78. The van der Waals surface area contributed by atoms with Gasteiger partial charge in [0.25, 0.3) is 0 Å². The molecule has 0 spiro atoms. The van der Waals surface area contributed by atoms with Crippen molar-refractivity contribution >= 4 is 28.6 Å². The molecule has 152 valence electrons. The number of anilines is 2. The highest BCUT2D eigenvalue weighted by Crippen LogP contribution is 2.28. The number of para-hydroxylation sites is 1. The number of carbonyl (C=O) groups is 1. The van der Waals surface area contributed by atoms with E-state index >= 15 is 0 Å². The summed E-state index contributed by atoms with van der Waals surface area (Å²) in [5.41, 5.74) is 4.16. The van der Waals surface area contributed by atoms with E-state index in [1.54, 1.807) is 18.4 Å². The molecule has 0 saturated heterocycles. The van der Waals surface area contributed by atoms with Gasteiger partial charge in [-0.3, -0.25) is 4.79 Å². The lowest BCUT2D eigenvalue weighted by molar-refractivity contribution is -0.115. The summed E-state index contributed by atoms with van der Waals surface area (Å²) < 4.78 is 5.27. The number of ether oxygens (including phenoxy) is 1. The van der Waals surface area contributed by atoms with Gasteiger partial charge in [0, 0.05) is 16.3 Å². The van der Waals surface area contributed by atoms with Gasteiger partial charge in [0.15, 0.2) is 0 Å². The number of nitrogens with one attached hydrogen (secondary N) is 1. The van der Waals surface area contributed by atoms with Crippen LogP contribution in [0.15, 0.2) is 60.0 Å². The molecule has 1 heterocycles. The largest absolute Gasteiger partial charge is 0.497 e. The van der Waals surface area contributed by atoms with Gasteiger partial charge in [0.2, 0.25) is 5.91 Å². The Morgan fingerprint density at radius 1 is 1.10 bits per heavy atom. The highest BCUT2D eigenvalue weighted by atomic mass is 32.1. The number of methoxy groups -OCH3 is 1. The molecule has 1 N–H and O–H groups in total. The van der Waals surface area contributed by atoms with Crippen LogP contribution in [0, 0.1) is 6.92 Å². The number of hydrogen-bond acceptors (Lipinski definition) is 4. The van der Waals surface area contributed by atoms with Gasteiger partial charge in [0.1, 0.15) is 5.75 Å². The van der Waals surface area contributed by atoms with Crippen LogP contribution in [-0.4, -0.2) is 19.6 Å². The number of amides is 1. The summed E-state index contributed by atoms with van der Waals surface area (Å²) in [5.74, 6) is 1.12. The molecule has 0 unspecified atom stereocenters. The van der Waals surface area contributed by atoms with Gasteiger partial charge in [-0.25, -0.2) is 0 Å². The third-order valence-corrected chi connectivity index (χ3v) is 5.75. The molecule has 0 aliphatic carbocycles. The minimum Gasteiger partial charge on any atom is -0.497 e. The molecule has 0 aliphatic rings. The Morgan fingerprint density at radius 2 is 1.86 bits per heavy atom. The highest BCUT2D eigenvalue weighted by molar-refractivity contribution is 7.09. The van der Waals surface area contributed by atoms with E-state index in [9.17, 15) is 4.79 Å². The van der Waals surface area contributed by atoms with Crippen LogP contribution >= 0.6 is 11.3 Å². The molecule has 0 radical (unpaired) electrons. The lowest BCUT2D eigenvalue weighted by Gasteiger charge is -2.25. The predicted molar refractivity (Wildman–Crippen MR) is 122 cm³/mol. The zero-order valence-electron chi connectivity index (χ0n) is 17.4. The van der Waals surface area contributed by atoms with Crippen LogP contribution in [0.5, 0.6) is 5.75 Å². The Bertz CT molecular complexity index is 934. The van der Waals surface area contributed by atoms with E-state index in [4.69, 9.17) is 4.74 Å². The molecule has 2 aromatic carbocycles. The first kappa shape index (κ1) is 20.9. The van der Waals surface area contributed by atoms with Crippen molar-refractivity contribution in [3.05, 3.63) is 76.0 Å². The Kier molecular flexibility index (Phi) is 6.94. The molecule has 3 rings (SSSR count). The summed E-state index contributed by atoms with van der Waals surface area (Å²) in [6.45, 7) is 7.28. The molecular weight excluding hydrogens is 380 g/mol. The Hall–Kier alpha value is -2.79. The fourth-order valence-electron chi connectivity index (χ4n) is 3.32. The first-order valence-corrected chi connectivity index (χ1v) is 10.7. The molecule has 0 atom stereocenters. The minimum atomic E-state index is -0.0198. The smallest absolute Gasteiger partial charge is 0.243 e. The number of hydrogen-bond donors (Lipinski definition) is 1. The predicted octanol–water partition coefficient (Wildman–Crippen LogP) is 5.83. The quantitative estimate of drug-likeness (QED) is 0.509. The van der Waals surface area contributed by atoms with Crippen LogP contribution in [0.3, 0.4) is 0 Å². The maximum absolute atomic E-state index is 13.0. The van der Waals surface area contributed by atoms with Crippen LogP contribution in [0.1, 0.15) is 35.8 Å². The van der Waals surface area contributed by atoms with E-state index in [0.29, 0.717) is 12.5 Å². The van der Waals surface area contributed by atoms with Crippen molar-refractivity contribution in [2.24, 2.45) is 0 Å². The van der Waals surface area contributed by atoms with Crippen LogP contribution in [0.25, 0.3) is 0 Å². The highest BCUT2D eigenvalue weighted by Gasteiger charge is 2.16. The van der Waals surface area contributed by atoms with Gasteiger partial charge < -0.3 is 15.0 Å². The number of rotatable bonds is 8. The SMILES string of the molecule is COc1ccc(N(CC(=O)Nc2c(C)cccc2C(C)C)Cc2cccs2)cc1. The van der Waals surface area contributed by atoms with Gasteiger partial charge in [-0.05, 0) is 59.7 Å². The summed E-state index contributed by atoms with van der Waals surface area (Å²) in [4.78, 5) is 16.3. The zero-order chi connectivity index (χ0) is 20.8. The van der Waals surface area contributed by atoms with Crippen molar-refractivity contribution in [2.75, 3.05) is 23.9 Å². The van der Waals surface area contributed by atoms with E-state index in [2.05, 4.69) is 41.6 Å². The summed E-state index contributed by atoms with van der Waals surface area (Å²) in [5, 5.41) is 5.22. The van der Waals surface area contributed by atoms with Crippen molar-refractivity contribution < 1.29 is 9.53 Å². The average molecular weight is 409 g/mol. The monoisotopic (exact) mass is 408 g/mol. The van der Waals surface area contributed by atoms with E-state index in [0.717, 1.165) is 28.3 Å². The number of carbonyl (C=O) groups excluding carboxylic acids is 1. The Morgan fingerprint density at radius 3 is 2.48 bits per heavy atom. The van der Waals surface area contributed by atoms with E-state index in [1.165, 1.54) is 4.88 Å². The molecule has 0 aliphatic heterocycles. The second kappa shape index (κ2) is 9.61. The van der Waals surface area contributed by atoms with Gasteiger partial charge in [-0.1, -0.05) is 38.1 Å². The fraction of sp³-hybridized carbons (Fsp3) is 0.292. The van der Waals surface area contributed by atoms with Crippen LogP contribution < -0.4 is 15.0 Å². The van der Waals surface area contributed by atoms with Gasteiger partial charge in [-0.2, -0.15) is 0 Å². The second-order valence-electron chi connectivity index (χ2n) is 7.38. The summed E-state index contributed by atoms with van der Waals surface area (Å²) >= 11 is 1.70. The Balaban J connectivity index is 1.81. The molecule has 5 heteroatoms. The minimum absolute atomic E-state index is 0.0198. The normalized spacial score (nSPS) is 10.8. The standard InChI is InChI=1S/C24H28N2O2S/c1-17(2)22-9-5-7-18(3)24(22)25-23(27)16-26(15-21-8-6-14-29-21)19-10-12-20(28-4)13-11-19/h5-14,17H,15-16H2,1-4H3,(H,25,27). The molecule has 0 saturated carbocycles. The molecule has 0 bridgehead atoms. The molecule has 3 aromatic rings. The molecular formula is C24H28N2O2S. The van der Waals surface area contributed by atoms with Crippen LogP contribution in [-0.2, 0) is 11.3 Å². The van der Waals surface area contributed by atoms with Crippen molar-refractivity contribution in [1.82, 2.24) is 0 Å². The van der Waals surface area contributed by atoms with Crippen molar-refractivity contribution in [2.45, 2.75) is 33.2 Å². The number of aryl methyl sites for hydroxylation is 1. The van der Waals surface area contributed by atoms with E-state index in [1.807, 2.05) is 49.4 Å². The van der Waals surface area contributed by atoms with Gasteiger partial charge >= 0.3 is 0 Å². The summed E-state index contributed by atoms with van der Waals surface area (Å²) in [6.07, 6.45) is 0. The summed E-state index contributed by atoms with van der Waals surface area (Å²) in [7, 11) is 1.65. The molecule has 1 amide bonds. The average Bonchev–Trinajstić information content (AvgIpc) is 3.22. The third kappa shape index (κ3) is 5.39. The van der Waals surface area contributed by atoms with Crippen molar-refractivity contribution in [3.63, 3.8) is 0 Å². The molecule has 29 heavy (non-hydrogen) atoms.